The van der Waals surface area contributed by atoms with Crippen LogP contribution in [0.25, 0.3) is 20.9 Å². The molecule has 0 aliphatic carbocycles. The molecule has 0 radical (unpaired) electrons. The highest BCUT2D eigenvalue weighted by molar-refractivity contribution is 7.13. The SMILES string of the molecule is COc1ccc(C(=O)Nc2ccccc2-c2cccs2)cc1OC.Nc1ccccc1-c1cccs1. The molecule has 0 bridgehead atoms. The van der Waals surface area contributed by atoms with Crippen molar-refractivity contribution in [3.63, 3.8) is 0 Å². The number of methoxy groups -OCH3 is 2. The Balaban J connectivity index is 0.000000211. The minimum Gasteiger partial charge on any atom is -0.493 e. The quantitative estimate of drug-likeness (QED) is 0.228. The molecule has 36 heavy (non-hydrogen) atoms. The summed E-state index contributed by atoms with van der Waals surface area (Å²) >= 11 is 3.35. The topological polar surface area (TPSA) is 73.6 Å². The lowest BCUT2D eigenvalue weighted by molar-refractivity contribution is 0.102. The second kappa shape index (κ2) is 12.1. The molecule has 0 saturated carbocycles. The number of nitrogen functional groups attached to an aromatic ring is 1. The molecule has 3 aromatic carbocycles. The minimum absolute atomic E-state index is 0.194. The summed E-state index contributed by atoms with van der Waals surface area (Å²) in [4.78, 5) is 14.9. The summed E-state index contributed by atoms with van der Waals surface area (Å²) in [5.74, 6) is 0.921. The lowest BCUT2D eigenvalue weighted by Crippen LogP contribution is -2.12. The van der Waals surface area contributed by atoms with Gasteiger partial charge in [-0.2, -0.15) is 0 Å². The Labute approximate surface area is 218 Å². The standard InChI is InChI=1S/C19H17NO3S.C10H9NS/c1-22-16-10-9-13(12-17(16)23-2)19(21)20-15-7-4-3-6-14(15)18-8-5-11-24-18;11-9-5-2-1-4-8(9)10-6-3-7-12-10/h3-12H,1-2H3,(H,20,21);1-7H,11H2. The number of para-hydroxylation sites is 2. The van der Waals surface area contributed by atoms with E-state index in [1.165, 1.54) is 4.88 Å². The van der Waals surface area contributed by atoms with E-state index in [1.807, 2.05) is 72.1 Å². The minimum atomic E-state index is -0.194. The number of carbonyl (C=O) groups excluding carboxylic acids is 1. The summed E-state index contributed by atoms with van der Waals surface area (Å²) in [6.45, 7) is 0. The van der Waals surface area contributed by atoms with E-state index >= 15 is 0 Å². The van der Waals surface area contributed by atoms with Gasteiger partial charge in [-0.3, -0.25) is 4.79 Å². The number of ether oxygens (including phenoxy) is 2. The number of rotatable bonds is 6. The van der Waals surface area contributed by atoms with Crippen molar-refractivity contribution in [2.24, 2.45) is 0 Å². The van der Waals surface area contributed by atoms with Crippen LogP contribution in [-0.2, 0) is 0 Å². The van der Waals surface area contributed by atoms with Crippen LogP contribution < -0.4 is 20.5 Å². The number of thiophene rings is 2. The zero-order valence-corrected chi connectivity index (χ0v) is 21.6. The van der Waals surface area contributed by atoms with Crippen LogP contribution >= 0.6 is 22.7 Å². The molecule has 2 aromatic heterocycles. The maximum Gasteiger partial charge on any atom is 0.255 e. The van der Waals surface area contributed by atoms with Gasteiger partial charge in [0.05, 0.1) is 14.2 Å². The summed E-state index contributed by atoms with van der Waals surface area (Å²) in [6.07, 6.45) is 0. The molecule has 5 aromatic rings. The van der Waals surface area contributed by atoms with Gasteiger partial charge in [-0.25, -0.2) is 0 Å². The number of carbonyl (C=O) groups is 1. The third kappa shape index (κ3) is 5.94. The number of nitrogens with one attached hydrogen (secondary N) is 1. The van der Waals surface area contributed by atoms with Gasteiger partial charge in [-0.1, -0.05) is 48.5 Å². The Morgan fingerprint density at radius 2 is 1.33 bits per heavy atom. The van der Waals surface area contributed by atoms with E-state index in [-0.39, 0.29) is 5.91 Å². The van der Waals surface area contributed by atoms with Crippen molar-refractivity contribution in [1.82, 2.24) is 0 Å². The Bertz CT molecular complexity index is 1410. The molecule has 7 heteroatoms. The van der Waals surface area contributed by atoms with E-state index in [2.05, 4.69) is 16.8 Å². The van der Waals surface area contributed by atoms with Crippen molar-refractivity contribution >= 4 is 40.0 Å². The zero-order valence-electron chi connectivity index (χ0n) is 19.9. The summed E-state index contributed by atoms with van der Waals surface area (Å²) in [5, 5.41) is 7.05. The van der Waals surface area contributed by atoms with Gasteiger partial charge >= 0.3 is 0 Å². The van der Waals surface area contributed by atoms with Crippen molar-refractivity contribution in [3.05, 3.63) is 107 Å². The number of hydrogen-bond acceptors (Lipinski definition) is 6. The Kier molecular flexibility index (Phi) is 8.39. The van der Waals surface area contributed by atoms with Crippen LogP contribution in [0.4, 0.5) is 11.4 Å². The highest BCUT2D eigenvalue weighted by atomic mass is 32.1. The van der Waals surface area contributed by atoms with Crippen LogP contribution in [0.1, 0.15) is 10.4 Å². The first-order valence-electron chi connectivity index (χ1n) is 11.2. The Morgan fingerprint density at radius 1 is 0.722 bits per heavy atom. The van der Waals surface area contributed by atoms with Gasteiger partial charge in [0.15, 0.2) is 11.5 Å². The lowest BCUT2D eigenvalue weighted by atomic mass is 10.1. The first kappa shape index (κ1) is 25.0. The van der Waals surface area contributed by atoms with Crippen LogP contribution in [0.15, 0.2) is 102 Å². The average Bonchev–Trinajstić information content (AvgIpc) is 3.64. The van der Waals surface area contributed by atoms with Crippen molar-refractivity contribution in [2.75, 3.05) is 25.3 Å². The Morgan fingerprint density at radius 3 is 1.94 bits per heavy atom. The largest absolute Gasteiger partial charge is 0.493 e. The van der Waals surface area contributed by atoms with Crippen molar-refractivity contribution in [1.29, 1.82) is 0 Å². The predicted octanol–water partition coefficient (Wildman–Crippen LogP) is 7.68. The first-order valence-corrected chi connectivity index (χ1v) is 12.9. The molecule has 0 aliphatic rings. The maximum atomic E-state index is 12.6. The van der Waals surface area contributed by atoms with Crippen LogP contribution in [-0.4, -0.2) is 20.1 Å². The van der Waals surface area contributed by atoms with E-state index in [0.29, 0.717) is 17.1 Å². The molecule has 0 unspecified atom stereocenters. The number of anilines is 2. The molecule has 0 saturated heterocycles. The highest BCUT2D eigenvalue weighted by Gasteiger charge is 2.13. The molecule has 2 heterocycles. The van der Waals surface area contributed by atoms with E-state index in [0.717, 1.165) is 27.4 Å². The molecular weight excluding hydrogens is 488 g/mol. The van der Waals surface area contributed by atoms with E-state index in [9.17, 15) is 4.79 Å². The molecule has 5 rings (SSSR count). The third-order valence-electron chi connectivity index (χ3n) is 5.36. The van der Waals surface area contributed by atoms with Crippen LogP contribution in [0.5, 0.6) is 11.5 Å². The maximum absolute atomic E-state index is 12.6. The molecule has 3 N–H and O–H groups in total. The molecule has 5 nitrogen and oxygen atoms in total. The summed E-state index contributed by atoms with van der Waals surface area (Å²) in [6, 6.07) is 28.9. The van der Waals surface area contributed by atoms with Crippen molar-refractivity contribution in [3.8, 4) is 32.4 Å². The number of benzene rings is 3. The van der Waals surface area contributed by atoms with Crippen LogP contribution in [0, 0.1) is 0 Å². The highest BCUT2D eigenvalue weighted by Crippen LogP contribution is 2.33. The average molecular weight is 515 g/mol. The molecular formula is C29H26N2O3S2. The van der Waals surface area contributed by atoms with Crippen LogP contribution in [0.3, 0.4) is 0 Å². The van der Waals surface area contributed by atoms with Gasteiger partial charge in [-0.15, -0.1) is 22.7 Å². The van der Waals surface area contributed by atoms with Crippen molar-refractivity contribution < 1.29 is 14.3 Å². The molecule has 0 spiro atoms. The van der Waals surface area contributed by atoms with Gasteiger partial charge in [0.25, 0.3) is 5.91 Å². The first-order chi connectivity index (χ1) is 17.6. The number of hydrogen-bond donors (Lipinski definition) is 2. The molecule has 0 atom stereocenters. The molecule has 0 aliphatic heterocycles. The van der Waals surface area contributed by atoms with Gasteiger partial charge in [0, 0.05) is 37.8 Å². The fraction of sp³-hybridized carbons (Fsp3) is 0.0690. The second-order valence-corrected chi connectivity index (χ2v) is 9.51. The van der Waals surface area contributed by atoms with Gasteiger partial charge in [0.1, 0.15) is 0 Å². The normalized spacial score (nSPS) is 10.2. The fourth-order valence-electron chi connectivity index (χ4n) is 3.56. The molecule has 1 amide bonds. The second-order valence-electron chi connectivity index (χ2n) is 7.61. The van der Waals surface area contributed by atoms with Crippen LogP contribution in [0.2, 0.25) is 0 Å². The molecule has 0 fully saturated rings. The van der Waals surface area contributed by atoms with E-state index < -0.39 is 0 Å². The smallest absolute Gasteiger partial charge is 0.255 e. The number of amides is 1. The third-order valence-corrected chi connectivity index (χ3v) is 7.16. The lowest BCUT2D eigenvalue weighted by Gasteiger charge is -2.12. The van der Waals surface area contributed by atoms with Gasteiger partial charge in [0.2, 0.25) is 0 Å². The van der Waals surface area contributed by atoms with Gasteiger partial charge < -0.3 is 20.5 Å². The summed E-state index contributed by atoms with van der Waals surface area (Å²) in [5.41, 5.74) is 10.1. The fourth-order valence-corrected chi connectivity index (χ4v) is 5.10. The predicted molar refractivity (Wildman–Crippen MR) is 151 cm³/mol. The summed E-state index contributed by atoms with van der Waals surface area (Å²) in [7, 11) is 3.11. The summed E-state index contributed by atoms with van der Waals surface area (Å²) < 4.78 is 10.5. The zero-order chi connectivity index (χ0) is 25.3. The molecule has 182 valence electrons. The van der Waals surface area contributed by atoms with E-state index in [1.54, 1.807) is 55.1 Å². The van der Waals surface area contributed by atoms with E-state index in [4.69, 9.17) is 15.2 Å². The van der Waals surface area contributed by atoms with Gasteiger partial charge in [-0.05, 0) is 53.2 Å². The Hall–Kier alpha value is -4.07. The monoisotopic (exact) mass is 514 g/mol. The number of nitrogens with two attached hydrogens (primary N) is 1. The van der Waals surface area contributed by atoms with Crippen molar-refractivity contribution in [2.45, 2.75) is 0 Å².